The minimum atomic E-state index is 1.02. The first-order chi connectivity index (χ1) is 9.34. The van der Waals surface area contributed by atoms with Crippen molar-refractivity contribution < 1.29 is 0 Å². The molecule has 0 aliphatic carbocycles. The highest BCUT2D eigenvalue weighted by Crippen LogP contribution is 2.29. The van der Waals surface area contributed by atoms with Gasteiger partial charge in [0.15, 0.2) is 0 Å². The van der Waals surface area contributed by atoms with Crippen molar-refractivity contribution in [2.24, 2.45) is 0 Å². The summed E-state index contributed by atoms with van der Waals surface area (Å²) in [6.07, 6.45) is 1.84. The van der Waals surface area contributed by atoms with Crippen LogP contribution < -0.4 is 4.90 Å². The van der Waals surface area contributed by atoms with E-state index in [1.165, 1.54) is 11.3 Å². The minimum Gasteiger partial charge on any atom is -0.368 e. The van der Waals surface area contributed by atoms with E-state index in [9.17, 15) is 0 Å². The second kappa shape index (κ2) is 5.41. The maximum absolute atomic E-state index is 4.46. The molecule has 0 unspecified atom stereocenters. The van der Waals surface area contributed by atoms with Crippen LogP contribution in [0.4, 0.5) is 5.69 Å². The summed E-state index contributed by atoms with van der Waals surface area (Å²) < 4.78 is 0. The zero-order chi connectivity index (χ0) is 13.1. The highest BCUT2D eigenvalue weighted by molar-refractivity contribution is 5.76. The van der Waals surface area contributed by atoms with Gasteiger partial charge in [0.25, 0.3) is 0 Å². The molecular weight excluding hydrogens is 234 g/mol. The molecule has 3 heteroatoms. The number of hydrogen-bond acceptors (Lipinski definition) is 3. The quantitative estimate of drug-likeness (QED) is 0.817. The van der Waals surface area contributed by atoms with E-state index in [0.717, 1.165) is 31.9 Å². The van der Waals surface area contributed by atoms with Crippen molar-refractivity contribution in [2.45, 2.75) is 0 Å². The zero-order valence-electron chi connectivity index (χ0n) is 11.2. The molecule has 0 atom stereocenters. The number of benzene rings is 1. The van der Waals surface area contributed by atoms with Crippen molar-refractivity contribution in [2.75, 3.05) is 38.1 Å². The number of aromatic nitrogens is 1. The molecule has 3 rings (SSSR count). The van der Waals surface area contributed by atoms with E-state index >= 15 is 0 Å². The number of piperazine rings is 1. The number of hydrogen-bond donors (Lipinski definition) is 0. The summed E-state index contributed by atoms with van der Waals surface area (Å²) >= 11 is 0. The molecule has 2 aromatic rings. The molecule has 1 fully saturated rings. The van der Waals surface area contributed by atoms with Crippen LogP contribution in [0.5, 0.6) is 0 Å². The Morgan fingerprint density at radius 3 is 2.68 bits per heavy atom. The summed E-state index contributed by atoms with van der Waals surface area (Å²) in [4.78, 5) is 9.27. The first-order valence-corrected chi connectivity index (χ1v) is 6.69. The van der Waals surface area contributed by atoms with E-state index in [4.69, 9.17) is 0 Å². The van der Waals surface area contributed by atoms with Gasteiger partial charge in [-0.25, -0.2) is 0 Å². The van der Waals surface area contributed by atoms with Crippen LogP contribution in [0.25, 0.3) is 11.3 Å². The molecule has 1 radical (unpaired) electrons. The van der Waals surface area contributed by atoms with Crippen LogP contribution in [0.15, 0.2) is 42.6 Å². The summed E-state index contributed by atoms with van der Waals surface area (Å²) in [6, 6.07) is 15.4. The largest absolute Gasteiger partial charge is 0.368 e. The molecule has 19 heavy (non-hydrogen) atoms. The normalized spacial score (nSPS) is 16.6. The van der Waals surface area contributed by atoms with Crippen LogP contribution in [-0.4, -0.2) is 43.1 Å². The molecular formula is C16H18N3. The van der Waals surface area contributed by atoms with E-state index in [1.54, 1.807) is 0 Å². The van der Waals surface area contributed by atoms with Gasteiger partial charge in [-0.2, -0.15) is 0 Å². The summed E-state index contributed by atoms with van der Waals surface area (Å²) in [5.74, 6) is 0. The lowest BCUT2D eigenvalue weighted by Crippen LogP contribution is -2.44. The Kier molecular flexibility index (Phi) is 3.47. The number of rotatable bonds is 2. The minimum absolute atomic E-state index is 1.02. The molecule has 0 amide bonds. The zero-order valence-corrected chi connectivity index (χ0v) is 11.2. The van der Waals surface area contributed by atoms with E-state index < -0.39 is 0 Å². The highest BCUT2D eigenvalue weighted by atomic mass is 15.2. The standard InChI is InChI=1S/C16H18N3/c1-18-10-12-19(13-11-18)16-8-3-2-6-14(16)15-7-4-5-9-17-15/h3-9H,10-13H2,1H3. The van der Waals surface area contributed by atoms with Crippen LogP contribution >= 0.6 is 0 Å². The number of likely N-dealkylation sites (N-methyl/N-ethyl adjacent to an activating group) is 1. The van der Waals surface area contributed by atoms with Crippen LogP contribution in [0.3, 0.4) is 0 Å². The molecule has 97 valence electrons. The fourth-order valence-corrected chi connectivity index (χ4v) is 2.47. The monoisotopic (exact) mass is 252 g/mol. The third-order valence-electron chi connectivity index (χ3n) is 3.63. The van der Waals surface area contributed by atoms with Crippen molar-refractivity contribution in [3.63, 3.8) is 0 Å². The molecule has 1 saturated heterocycles. The van der Waals surface area contributed by atoms with Gasteiger partial charge in [-0.3, -0.25) is 4.98 Å². The summed E-state index contributed by atoms with van der Waals surface area (Å²) in [5, 5.41) is 0. The topological polar surface area (TPSA) is 19.4 Å². The number of pyridine rings is 1. The van der Waals surface area contributed by atoms with Gasteiger partial charge in [0.2, 0.25) is 0 Å². The average Bonchev–Trinajstić information content (AvgIpc) is 2.49. The van der Waals surface area contributed by atoms with Crippen LogP contribution in [0, 0.1) is 6.07 Å². The molecule has 0 N–H and O–H groups in total. The number of nitrogens with zero attached hydrogens (tertiary/aromatic N) is 3. The summed E-state index contributed by atoms with van der Waals surface area (Å²) in [7, 11) is 2.18. The van der Waals surface area contributed by atoms with Gasteiger partial charge in [0.1, 0.15) is 0 Å². The molecule has 0 spiro atoms. The summed E-state index contributed by atoms with van der Waals surface area (Å²) in [6.45, 7) is 4.36. The third-order valence-corrected chi connectivity index (χ3v) is 3.63. The predicted molar refractivity (Wildman–Crippen MR) is 78.2 cm³/mol. The van der Waals surface area contributed by atoms with E-state index in [-0.39, 0.29) is 0 Å². The Bertz CT molecular complexity index is 531. The SMILES string of the molecule is CN1CCN(c2cc[c]cc2-c2ccccn2)CC1. The molecule has 3 nitrogen and oxygen atoms in total. The lowest BCUT2D eigenvalue weighted by atomic mass is 10.1. The van der Waals surface area contributed by atoms with Crippen molar-refractivity contribution in [3.05, 3.63) is 48.7 Å². The van der Waals surface area contributed by atoms with Gasteiger partial charge in [-0.15, -0.1) is 0 Å². The van der Waals surface area contributed by atoms with Gasteiger partial charge < -0.3 is 9.80 Å². The Labute approximate surface area is 114 Å². The Morgan fingerprint density at radius 1 is 1.11 bits per heavy atom. The van der Waals surface area contributed by atoms with Gasteiger partial charge >= 0.3 is 0 Å². The Balaban J connectivity index is 1.94. The molecule has 1 aromatic heterocycles. The lowest BCUT2D eigenvalue weighted by molar-refractivity contribution is 0.313. The first-order valence-electron chi connectivity index (χ1n) is 6.69. The molecule has 0 saturated carbocycles. The smallest absolute Gasteiger partial charge is 0.0722 e. The highest BCUT2D eigenvalue weighted by Gasteiger charge is 2.17. The van der Waals surface area contributed by atoms with Crippen molar-refractivity contribution in [3.8, 4) is 11.3 Å². The lowest BCUT2D eigenvalue weighted by Gasteiger charge is -2.35. The Hall–Kier alpha value is -1.87. The molecule has 1 aromatic carbocycles. The van der Waals surface area contributed by atoms with E-state index in [2.05, 4.69) is 40.0 Å². The maximum Gasteiger partial charge on any atom is 0.0722 e. The Morgan fingerprint density at radius 2 is 1.95 bits per heavy atom. The van der Waals surface area contributed by atoms with Gasteiger partial charge in [0.05, 0.1) is 5.69 Å². The summed E-state index contributed by atoms with van der Waals surface area (Å²) in [5.41, 5.74) is 3.46. The molecule has 1 aliphatic heterocycles. The molecule has 0 bridgehead atoms. The van der Waals surface area contributed by atoms with E-state index in [1.807, 2.05) is 30.5 Å². The maximum atomic E-state index is 4.46. The third kappa shape index (κ3) is 2.61. The van der Waals surface area contributed by atoms with Gasteiger partial charge in [-0.1, -0.05) is 12.1 Å². The van der Waals surface area contributed by atoms with E-state index in [0.29, 0.717) is 0 Å². The second-order valence-electron chi connectivity index (χ2n) is 4.95. The molecule has 1 aliphatic rings. The fourth-order valence-electron chi connectivity index (χ4n) is 2.47. The number of anilines is 1. The fraction of sp³-hybridized carbons (Fsp3) is 0.312. The van der Waals surface area contributed by atoms with Gasteiger partial charge in [-0.05, 0) is 37.4 Å². The predicted octanol–water partition coefficient (Wildman–Crippen LogP) is 2.30. The average molecular weight is 252 g/mol. The molecule has 2 heterocycles. The van der Waals surface area contributed by atoms with Gasteiger partial charge in [0, 0.05) is 43.6 Å². The second-order valence-corrected chi connectivity index (χ2v) is 4.95. The van der Waals surface area contributed by atoms with Crippen LogP contribution in [-0.2, 0) is 0 Å². The van der Waals surface area contributed by atoms with Crippen molar-refractivity contribution >= 4 is 5.69 Å². The van der Waals surface area contributed by atoms with Crippen LogP contribution in [0.1, 0.15) is 0 Å². The van der Waals surface area contributed by atoms with Crippen molar-refractivity contribution in [1.29, 1.82) is 0 Å². The van der Waals surface area contributed by atoms with Crippen molar-refractivity contribution in [1.82, 2.24) is 9.88 Å². The van der Waals surface area contributed by atoms with Crippen LogP contribution in [0.2, 0.25) is 0 Å². The first kappa shape index (κ1) is 12.2.